The van der Waals surface area contributed by atoms with Crippen molar-refractivity contribution >= 4 is 5.69 Å². The SMILES string of the molecule is CN(C)CCOCCNc1ccccc1C#N. The van der Waals surface area contributed by atoms with Crippen LogP contribution in [-0.2, 0) is 4.74 Å². The summed E-state index contributed by atoms with van der Waals surface area (Å²) < 4.78 is 5.45. The highest BCUT2D eigenvalue weighted by atomic mass is 16.5. The molecule has 4 heteroatoms. The van der Waals surface area contributed by atoms with E-state index in [9.17, 15) is 0 Å². The Kier molecular flexibility index (Phi) is 6.08. The molecule has 0 aliphatic heterocycles. The van der Waals surface area contributed by atoms with Gasteiger partial charge in [-0.1, -0.05) is 12.1 Å². The first-order valence-corrected chi connectivity index (χ1v) is 5.69. The first kappa shape index (κ1) is 13.5. The molecule has 0 radical (unpaired) electrons. The molecule has 0 aromatic heterocycles. The largest absolute Gasteiger partial charge is 0.382 e. The normalized spacial score (nSPS) is 10.2. The van der Waals surface area contributed by atoms with Gasteiger partial charge in [-0.15, -0.1) is 0 Å². The van der Waals surface area contributed by atoms with Crippen LogP contribution in [0.5, 0.6) is 0 Å². The van der Waals surface area contributed by atoms with Gasteiger partial charge in [0, 0.05) is 13.1 Å². The van der Waals surface area contributed by atoms with Gasteiger partial charge in [0.2, 0.25) is 0 Å². The molecule has 92 valence electrons. The summed E-state index contributed by atoms with van der Waals surface area (Å²) in [5, 5.41) is 12.1. The zero-order chi connectivity index (χ0) is 12.5. The average Bonchev–Trinajstić information content (AvgIpc) is 2.33. The number of rotatable bonds is 7. The van der Waals surface area contributed by atoms with Crippen molar-refractivity contribution in [3.8, 4) is 6.07 Å². The second-order valence-corrected chi connectivity index (χ2v) is 4.00. The van der Waals surface area contributed by atoms with Gasteiger partial charge in [0.25, 0.3) is 0 Å². The van der Waals surface area contributed by atoms with Crippen LogP contribution in [0.3, 0.4) is 0 Å². The summed E-state index contributed by atoms with van der Waals surface area (Å²) in [4.78, 5) is 2.08. The zero-order valence-corrected chi connectivity index (χ0v) is 10.4. The highest BCUT2D eigenvalue weighted by molar-refractivity contribution is 5.56. The van der Waals surface area contributed by atoms with E-state index in [2.05, 4.69) is 16.3 Å². The van der Waals surface area contributed by atoms with Gasteiger partial charge < -0.3 is 15.0 Å². The number of nitriles is 1. The first-order valence-electron chi connectivity index (χ1n) is 5.69. The number of para-hydroxylation sites is 1. The van der Waals surface area contributed by atoms with Gasteiger partial charge >= 0.3 is 0 Å². The third-order valence-electron chi connectivity index (χ3n) is 2.29. The molecule has 0 aliphatic rings. The maximum Gasteiger partial charge on any atom is 0.101 e. The summed E-state index contributed by atoms with van der Waals surface area (Å²) >= 11 is 0. The number of ether oxygens (including phenoxy) is 1. The van der Waals surface area contributed by atoms with E-state index in [0.717, 1.165) is 18.8 Å². The lowest BCUT2D eigenvalue weighted by molar-refractivity contribution is 0.126. The van der Waals surface area contributed by atoms with Gasteiger partial charge in [0.15, 0.2) is 0 Å². The number of nitrogens with zero attached hydrogens (tertiary/aromatic N) is 2. The molecule has 1 rings (SSSR count). The molecule has 0 saturated heterocycles. The minimum atomic E-state index is 0.646. The quantitative estimate of drug-likeness (QED) is 0.726. The van der Waals surface area contributed by atoms with Crippen LogP contribution < -0.4 is 5.32 Å². The first-order chi connectivity index (χ1) is 8.24. The molecule has 4 nitrogen and oxygen atoms in total. The molecule has 0 fully saturated rings. The van der Waals surface area contributed by atoms with Gasteiger partial charge in [0.1, 0.15) is 6.07 Å². The minimum absolute atomic E-state index is 0.646. The average molecular weight is 233 g/mol. The lowest BCUT2D eigenvalue weighted by Gasteiger charge is -2.11. The molecule has 0 amide bonds. The van der Waals surface area contributed by atoms with E-state index < -0.39 is 0 Å². The van der Waals surface area contributed by atoms with Crippen LogP contribution in [0.2, 0.25) is 0 Å². The second-order valence-electron chi connectivity index (χ2n) is 4.00. The lowest BCUT2D eigenvalue weighted by Crippen LogP contribution is -2.20. The van der Waals surface area contributed by atoms with Crippen LogP contribution in [0.4, 0.5) is 5.69 Å². The Morgan fingerprint density at radius 2 is 2.06 bits per heavy atom. The van der Waals surface area contributed by atoms with Crippen LogP contribution in [0.25, 0.3) is 0 Å². The molecule has 1 N–H and O–H groups in total. The van der Waals surface area contributed by atoms with Gasteiger partial charge in [0.05, 0.1) is 24.5 Å². The molecule has 0 aliphatic carbocycles. The number of benzene rings is 1. The smallest absolute Gasteiger partial charge is 0.101 e. The summed E-state index contributed by atoms with van der Waals surface area (Å²) in [6.07, 6.45) is 0. The summed E-state index contributed by atoms with van der Waals surface area (Å²) in [5.74, 6) is 0. The fourth-order valence-corrected chi connectivity index (χ4v) is 1.34. The Hall–Kier alpha value is -1.57. The van der Waals surface area contributed by atoms with E-state index in [0.29, 0.717) is 18.7 Å². The second kappa shape index (κ2) is 7.66. The monoisotopic (exact) mass is 233 g/mol. The molecule has 0 spiro atoms. The van der Waals surface area contributed by atoms with Crippen molar-refractivity contribution in [1.29, 1.82) is 5.26 Å². The summed E-state index contributed by atoms with van der Waals surface area (Å²) in [6, 6.07) is 9.63. The number of hydrogen-bond donors (Lipinski definition) is 1. The van der Waals surface area contributed by atoms with E-state index >= 15 is 0 Å². The van der Waals surface area contributed by atoms with Gasteiger partial charge in [-0.3, -0.25) is 0 Å². The fraction of sp³-hybridized carbons (Fsp3) is 0.462. The molecule has 1 aromatic rings. The maximum atomic E-state index is 8.89. The molecule has 17 heavy (non-hydrogen) atoms. The van der Waals surface area contributed by atoms with Crippen LogP contribution >= 0.6 is 0 Å². The predicted octanol–water partition coefficient (Wildman–Crippen LogP) is 1.55. The van der Waals surface area contributed by atoms with Crippen molar-refractivity contribution in [2.75, 3.05) is 45.7 Å². The lowest BCUT2D eigenvalue weighted by atomic mass is 10.2. The number of nitrogens with one attached hydrogen (secondary N) is 1. The molecular weight excluding hydrogens is 214 g/mol. The van der Waals surface area contributed by atoms with Gasteiger partial charge in [-0.2, -0.15) is 5.26 Å². The minimum Gasteiger partial charge on any atom is -0.382 e. The molecule has 0 bridgehead atoms. The summed E-state index contributed by atoms with van der Waals surface area (Å²) in [7, 11) is 4.04. The number of hydrogen-bond acceptors (Lipinski definition) is 4. The van der Waals surface area contributed by atoms with Crippen molar-refractivity contribution in [2.45, 2.75) is 0 Å². The molecule has 0 saturated carbocycles. The molecular formula is C13H19N3O. The Bertz CT molecular complexity index is 371. The standard InChI is InChI=1S/C13H19N3O/c1-16(2)8-10-17-9-7-15-13-6-4-3-5-12(13)11-14/h3-6,15H,7-10H2,1-2H3. The Labute approximate surface area is 103 Å². The summed E-state index contributed by atoms with van der Waals surface area (Å²) in [6.45, 7) is 3.02. The van der Waals surface area contributed by atoms with Crippen LogP contribution in [0.15, 0.2) is 24.3 Å². The number of anilines is 1. The Morgan fingerprint density at radius 3 is 2.76 bits per heavy atom. The zero-order valence-electron chi connectivity index (χ0n) is 10.4. The van der Waals surface area contributed by atoms with Crippen molar-refractivity contribution in [3.05, 3.63) is 29.8 Å². The van der Waals surface area contributed by atoms with Crippen LogP contribution in [0.1, 0.15) is 5.56 Å². The number of likely N-dealkylation sites (N-methyl/N-ethyl adjacent to an activating group) is 1. The van der Waals surface area contributed by atoms with Gasteiger partial charge in [-0.05, 0) is 26.2 Å². The van der Waals surface area contributed by atoms with Crippen molar-refractivity contribution in [2.24, 2.45) is 0 Å². The Balaban J connectivity index is 2.20. The fourth-order valence-electron chi connectivity index (χ4n) is 1.34. The third kappa shape index (κ3) is 5.34. The van der Waals surface area contributed by atoms with Crippen LogP contribution in [0, 0.1) is 11.3 Å². The topological polar surface area (TPSA) is 48.3 Å². The van der Waals surface area contributed by atoms with Gasteiger partial charge in [-0.25, -0.2) is 0 Å². The highest BCUT2D eigenvalue weighted by Crippen LogP contribution is 2.12. The van der Waals surface area contributed by atoms with E-state index in [1.165, 1.54) is 0 Å². The van der Waals surface area contributed by atoms with Crippen molar-refractivity contribution in [1.82, 2.24) is 4.90 Å². The Morgan fingerprint density at radius 1 is 1.29 bits per heavy atom. The molecule has 0 unspecified atom stereocenters. The van der Waals surface area contributed by atoms with E-state index in [1.54, 1.807) is 6.07 Å². The molecule has 1 aromatic carbocycles. The highest BCUT2D eigenvalue weighted by Gasteiger charge is 1.98. The third-order valence-corrected chi connectivity index (χ3v) is 2.29. The van der Waals surface area contributed by atoms with Crippen molar-refractivity contribution < 1.29 is 4.74 Å². The van der Waals surface area contributed by atoms with E-state index in [1.807, 2.05) is 32.3 Å². The van der Waals surface area contributed by atoms with E-state index in [-0.39, 0.29) is 0 Å². The van der Waals surface area contributed by atoms with E-state index in [4.69, 9.17) is 10.00 Å². The molecule has 0 heterocycles. The predicted molar refractivity (Wildman–Crippen MR) is 69.0 cm³/mol. The van der Waals surface area contributed by atoms with Crippen molar-refractivity contribution in [3.63, 3.8) is 0 Å². The summed E-state index contributed by atoms with van der Waals surface area (Å²) in [5.41, 5.74) is 1.53. The molecule has 0 atom stereocenters. The van der Waals surface area contributed by atoms with Crippen LogP contribution in [-0.4, -0.2) is 45.3 Å². The maximum absolute atomic E-state index is 8.89.